The van der Waals surface area contributed by atoms with Crippen molar-refractivity contribution < 1.29 is 13.2 Å². The summed E-state index contributed by atoms with van der Waals surface area (Å²) in [5.41, 5.74) is 0. The van der Waals surface area contributed by atoms with E-state index in [-0.39, 0.29) is 16.6 Å². The molecule has 0 spiro atoms. The van der Waals surface area contributed by atoms with Gasteiger partial charge in [0.25, 0.3) is 10.0 Å². The van der Waals surface area contributed by atoms with E-state index in [4.69, 9.17) is 11.6 Å². The summed E-state index contributed by atoms with van der Waals surface area (Å²) < 4.78 is 24.7. The van der Waals surface area contributed by atoms with E-state index in [1.54, 1.807) is 0 Å². The van der Waals surface area contributed by atoms with Crippen LogP contribution in [0.4, 0.5) is 4.79 Å². The molecule has 16 heavy (non-hydrogen) atoms. The molecule has 1 aromatic rings. The van der Waals surface area contributed by atoms with Crippen molar-refractivity contribution in [1.29, 1.82) is 0 Å². The second-order valence-corrected chi connectivity index (χ2v) is 5.38. The van der Waals surface area contributed by atoms with Crippen LogP contribution < -0.4 is 5.32 Å². The zero-order valence-corrected chi connectivity index (χ0v) is 9.62. The Bertz CT molecular complexity index is 514. The Morgan fingerprint density at radius 2 is 2.19 bits per heavy atom. The minimum Gasteiger partial charge on any atom is -0.335 e. The van der Waals surface area contributed by atoms with Crippen LogP contribution in [0.1, 0.15) is 0 Å². The smallest absolute Gasteiger partial charge is 0.331 e. The van der Waals surface area contributed by atoms with Gasteiger partial charge in [0, 0.05) is 12.7 Å². The maximum atomic E-state index is 11.9. The summed E-state index contributed by atoms with van der Waals surface area (Å²) in [5, 5.41) is 2.62. The first-order chi connectivity index (χ1) is 7.51. The molecule has 0 atom stereocenters. The van der Waals surface area contributed by atoms with Crippen molar-refractivity contribution in [2.75, 3.05) is 13.1 Å². The van der Waals surface area contributed by atoms with Gasteiger partial charge in [-0.05, 0) is 12.1 Å². The highest BCUT2D eigenvalue weighted by Crippen LogP contribution is 2.17. The van der Waals surface area contributed by atoms with Crippen LogP contribution >= 0.6 is 11.6 Å². The van der Waals surface area contributed by atoms with Gasteiger partial charge in [-0.25, -0.2) is 22.5 Å². The molecule has 2 heterocycles. The summed E-state index contributed by atoms with van der Waals surface area (Å²) >= 11 is 5.55. The van der Waals surface area contributed by atoms with Gasteiger partial charge in [-0.15, -0.1) is 0 Å². The third-order valence-electron chi connectivity index (χ3n) is 2.11. The number of pyridine rings is 1. The Kier molecular flexibility index (Phi) is 2.73. The van der Waals surface area contributed by atoms with E-state index in [0.717, 1.165) is 10.5 Å². The Morgan fingerprint density at radius 3 is 2.69 bits per heavy atom. The lowest BCUT2D eigenvalue weighted by atomic mass is 10.5. The van der Waals surface area contributed by atoms with Crippen LogP contribution in [0, 0.1) is 0 Å². The van der Waals surface area contributed by atoms with E-state index in [0.29, 0.717) is 6.54 Å². The standard InChI is InChI=1S/C8H8ClN3O3S/c9-7-2-1-6(5-11-7)16(14,15)12-4-3-10-8(12)13/h1-2,5H,3-4H2,(H,10,13). The maximum absolute atomic E-state index is 11.9. The summed E-state index contributed by atoms with van der Waals surface area (Å²) in [4.78, 5) is 14.9. The molecule has 0 saturated carbocycles. The van der Waals surface area contributed by atoms with Crippen LogP contribution in [0.25, 0.3) is 0 Å². The first-order valence-electron chi connectivity index (χ1n) is 4.44. The second kappa shape index (κ2) is 3.91. The van der Waals surface area contributed by atoms with E-state index >= 15 is 0 Å². The summed E-state index contributed by atoms with van der Waals surface area (Å²) in [6, 6.07) is 2.06. The predicted molar refractivity (Wildman–Crippen MR) is 56.5 cm³/mol. The largest absolute Gasteiger partial charge is 0.335 e. The molecule has 0 unspecified atom stereocenters. The molecular formula is C8H8ClN3O3S. The monoisotopic (exact) mass is 261 g/mol. The van der Waals surface area contributed by atoms with Crippen LogP contribution in [0.5, 0.6) is 0 Å². The molecule has 0 aromatic carbocycles. The number of urea groups is 1. The Balaban J connectivity index is 2.39. The van der Waals surface area contributed by atoms with Crippen molar-refractivity contribution in [2.45, 2.75) is 4.90 Å². The van der Waals surface area contributed by atoms with Gasteiger partial charge >= 0.3 is 6.03 Å². The van der Waals surface area contributed by atoms with Gasteiger partial charge < -0.3 is 5.32 Å². The molecule has 2 amide bonds. The molecule has 0 aliphatic carbocycles. The first-order valence-corrected chi connectivity index (χ1v) is 6.26. The highest BCUT2D eigenvalue weighted by atomic mass is 35.5. The highest BCUT2D eigenvalue weighted by Gasteiger charge is 2.32. The van der Waals surface area contributed by atoms with E-state index in [9.17, 15) is 13.2 Å². The van der Waals surface area contributed by atoms with Gasteiger partial charge in [0.1, 0.15) is 10.0 Å². The van der Waals surface area contributed by atoms with E-state index in [1.807, 2.05) is 0 Å². The van der Waals surface area contributed by atoms with Gasteiger partial charge in [0.05, 0.1) is 6.54 Å². The lowest BCUT2D eigenvalue weighted by molar-refractivity contribution is 0.236. The number of aromatic nitrogens is 1. The number of halogens is 1. The van der Waals surface area contributed by atoms with Gasteiger partial charge in [-0.2, -0.15) is 0 Å². The average Bonchev–Trinajstić information content (AvgIpc) is 2.66. The summed E-state index contributed by atoms with van der Waals surface area (Å²) in [7, 11) is -3.80. The molecule has 0 radical (unpaired) electrons. The number of nitrogens with one attached hydrogen (secondary N) is 1. The van der Waals surface area contributed by atoms with Gasteiger partial charge in [-0.3, -0.25) is 0 Å². The van der Waals surface area contributed by atoms with E-state index < -0.39 is 16.1 Å². The molecule has 1 aliphatic rings. The fourth-order valence-corrected chi connectivity index (χ4v) is 2.73. The molecule has 6 nitrogen and oxygen atoms in total. The Labute approximate surface area is 97.3 Å². The van der Waals surface area contributed by atoms with Crippen molar-refractivity contribution in [3.8, 4) is 0 Å². The quantitative estimate of drug-likeness (QED) is 0.784. The zero-order chi connectivity index (χ0) is 11.8. The van der Waals surface area contributed by atoms with Crippen molar-refractivity contribution >= 4 is 27.7 Å². The van der Waals surface area contributed by atoms with Gasteiger partial charge in [-0.1, -0.05) is 11.6 Å². The molecule has 86 valence electrons. The molecule has 1 saturated heterocycles. The van der Waals surface area contributed by atoms with Crippen LogP contribution in [-0.4, -0.2) is 36.8 Å². The molecule has 2 rings (SSSR count). The molecule has 1 fully saturated rings. The van der Waals surface area contributed by atoms with Crippen LogP contribution in [0.2, 0.25) is 5.15 Å². The topological polar surface area (TPSA) is 79.4 Å². The van der Waals surface area contributed by atoms with Crippen molar-refractivity contribution in [3.63, 3.8) is 0 Å². The molecule has 1 aliphatic heterocycles. The Morgan fingerprint density at radius 1 is 1.44 bits per heavy atom. The second-order valence-electron chi connectivity index (χ2n) is 3.13. The number of carbonyl (C=O) groups excluding carboxylic acids is 1. The fraction of sp³-hybridized carbons (Fsp3) is 0.250. The number of hydrogen-bond acceptors (Lipinski definition) is 4. The lowest BCUT2D eigenvalue weighted by Crippen LogP contribution is -2.34. The van der Waals surface area contributed by atoms with Gasteiger partial charge in [0.2, 0.25) is 0 Å². The average molecular weight is 262 g/mol. The molecule has 8 heteroatoms. The van der Waals surface area contributed by atoms with Crippen LogP contribution in [0.15, 0.2) is 23.2 Å². The van der Waals surface area contributed by atoms with Crippen molar-refractivity contribution in [1.82, 2.24) is 14.6 Å². The number of amides is 2. The zero-order valence-electron chi connectivity index (χ0n) is 8.05. The summed E-state index contributed by atoms with van der Waals surface area (Å²) in [6.45, 7) is 0.447. The minimum absolute atomic E-state index is 0.0473. The van der Waals surface area contributed by atoms with Crippen LogP contribution in [0.3, 0.4) is 0 Å². The van der Waals surface area contributed by atoms with Gasteiger partial charge in [0.15, 0.2) is 0 Å². The maximum Gasteiger partial charge on any atom is 0.331 e. The molecular weight excluding hydrogens is 254 g/mol. The molecule has 1 N–H and O–H groups in total. The number of nitrogens with zero attached hydrogens (tertiary/aromatic N) is 2. The number of hydrogen-bond donors (Lipinski definition) is 1. The number of rotatable bonds is 2. The first kappa shape index (κ1) is 11.2. The summed E-state index contributed by atoms with van der Waals surface area (Å²) in [6.07, 6.45) is 1.13. The predicted octanol–water partition coefficient (Wildman–Crippen LogP) is 0.449. The van der Waals surface area contributed by atoms with Crippen LogP contribution in [-0.2, 0) is 10.0 Å². The fourth-order valence-electron chi connectivity index (χ4n) is 1.33. The number of sulfonamides is 1. The third kappa shape index (κ3) is 1.83. The molecule has 0 bridgehead atoms. The SMILES string of the molecule is O=C1NCCN1S(=O)(=O)c1ccc(Cl)nc1. The van der Waals surface area contributed by atoms with Crippen molar-refractivity contribution in [3.05, 3.63) is 23.5 Å². The normalized spacial score (nSPS) is 16.3. The molecule has 1 aromatic heterocycles. The highest BCUT2D eigenvalue weighted by molar-refractivity contribution is 7.89. The van der Waals surface area contributed by atoms with Crippen molar-refractivity contribution in [2.24, 2.45) is 0 Å². The summed E-state index contributed by atoms with van der Waals surface area (Å²) in [5.74, 6) is 0. The minimum atomic E-state index is -3.80. The van der Waals surface area contributed by atoms with E-state index in [2.05, 4.69) is 10.3 Å². The Hall–Kier alpha value is -1.34. The number of carbonyl (C=O) groups is 1. The third-order valence-corrected chi connectivity index (χ3v) is 4.10. The lowest BCUT2D eigenvalue weighted by Gasteiger charge is -2.14. The van der Waals surface area contributed by atoms with E-state index in [1.165, 1.54) is 12.1 Å².